The van der Waals surface area contributed by atoms with Crippen LogP contribution < -0.4 is 11.1 Å². The molecule has 4 N–H and O–H groups in total. The molecule has 1 fully saturated rings. The fourth-order valence-corrected chi connectivity index (χ4v) is 2.53. The summed E-state index contributed by atoms with van der Waals surface area (Å²) in [5, 5.41) is 12.6. The molecule has 1 aliphatic carbocycles. The van der Waals surface area contributed by atoms with Crippen molar-refractivity contribution in [2.45, 2.75) is 32.4 Å². The Labute approximate surface area is 115 Å². The molecule has 1 aromatic carbocycles. The van der Waals surface area contributed by atoms with Crippen LogP contribution in [0.25, 0.3) is 0 Å². The zero-order valence-electron chi connectivity index (χ0n) is 10.4. The van der Waals surface area contributed by atoms with E-state index in [0.29, 0.717) is 22.1 Å². The Morgan fingerprint density at radius 2 is 2.22 bits per heavy atom. The number of carbonyl (C=O) groups is 1. The minimum atomic E-state index is -0.355. The monoisotopic (exact) mass is 312 g/mol. The Bertz CT molecular complexity index is 488. The molecule has 0 saturated heterocycles. The summed E-state index contributed by atoms with van der Waals surface area (Å²) in [5.74, 6) is -0.167. The molecule has 0 aliphatic heterocycles. The van der Waals surface area contributed by atoms with E-state index in [1.54, 1.807) is 18.2 Å². The summed E-state index contributed by atoms with van der Waals surface area (Å²) in [4.78, 5) is 12.1. The number of benzene rings is 1. The second kappa shape index (κ2) is 4.55. The van der Waals surface area contributed by atoms with E-state index in [-0.39, 0.29) is 23.5 Å². The van der Waals surface area contributed by atoms with Crippen molar-refractivity contribution in [1.29, 1.82) is 0 Å². The molecular formula is C13H17BrN2O2. The molecule has 0 spiro atoms. The summed E-state index contributed by atoms with van der Waals surface area (Å²) in [6.45, 7) is 3.89. The second-order valence-electron chi connectivity index (χ2n) is 5.34. The first-order chi connectivity index (χ1) is 8.32. The number of carbonyl (C=O) groups excluding carboxylic acids is 1. The third-order valence-electron chi connectivity index (χ3n) is 3.76. The number of nitrogens with one attached hydrogen (secondary N) is 1. The molecule has 2 unspecified atom stereocenters. The lowest BCUT2D eigenvalue weighted by Gasteiger charge is -2.49. The van der Waals surface area contributed by atoms with Crippen molar-refractivity contribution in [2.24, 2.45) is 5.41 Å². The number of halogens is 1. The smallest absolute Gasteiger partial charge is 0.252 e. The normalized spacial score (nSPS) is 25.3. The van der Waals surface area contributed by atoms with Gasteiger partial charge in [0.2, 0.25) is 0 Å². The predicted octanol–water partition coefficient (Wildman–Crippen LogP) is 1.92. The van der Waals surface area contributed by atoms with Gasteiger partial charge in [0.25, 0.3) is 5.91 Å². The Hall–Kier alpha value is -1.07. The van der Waals surface area contributed by atoms with E-state index in [4.69, 9.17) is 5.73 Å². The van der Waals surface area contributed by atoms with Crippen molar-refractivity contribution in [2.75, 3.05) is 5.73 Å². The number of amides is 1. The van der Waals surface area contributed by atoms with E-state index in [1.807, 2.05) is 13.8 Å². The van der Waals surface area contributed by atoms with Gasteiger partial charge in [0.1, 0.15) is 0 Å². The number of aliphatic hydroxyl groups excluding tert-OH is 1. The first-order valence-electron chi connectivity index (χ1n) is 5.86. The highest BCUT2D eigenvalue weighted by atomic mass is 79.9. The summed E-state index contributed by atoms with van der Waals surface area (Å²) in [6, 6.07) is 5.12. The number of hydrogen-bond acceptors (Lipinski definition) is 3. The van der Waals surface area contributed by atoms with Crippen molar-refractivity contribution in [1.82, 2.24) is 5.32 Å². The summed E-state index contributed by atoms with van der Waals surface area (Å²) in [6.07, 6.45) is 0.241. The summed E-state index contributed by atoms with van der Waals surface area (Å²) in [5.41, 5.74) is 6.47. The van der Waals surface area contributed by atoms with Crippen LogP contribution in [0.5, 0.6) is 0 Å². The lowest BCUT2D eigenvalue weighted by molar-refractivity contribution is -0.0689. The van der Waals surface area contributed by atoms with Gasteiger partial charge in [-0.05, 0) is 40.5 Å². The van der Waals surface area contributed by atoms with Gasteiger partial charge in [-0.1, -0.05) is 13.8 Å². The molecular weight excluding hydrogens is 296 g/mol. The number of nitrogen functional groups attached to an aromatic ring is 1. The van der Waals surface area contributed by atoms with Crippen LogP contribution in [0.1, 0.15) is 30.6 Å². The lowest BCUT2D eigenvalue weighted by Crippen LogP contribution is -2.61. The van der Waals surface area contributed by atoms with Crippen LogP contribution >= 0.6 is 15.9 Å². The molecule has 1 saturated carbocycles. The quantitative estimate of drug-likeness (QED) is 0.730. The Balaban J connectivity index is 2.12. The van der Waals surface area contributed by atoms with Crippen LogP contribution in [0.3, 0.4) is 0 Å². The Kier molecular flexibility index (Phi) is 3.38. The molecule has 0 aromatic heterocycles. The first kappa shape index (κ1) is 13.4. The molecule has 1 amide bonds. The molecule has 0 bridgehead atoms. The van der Waals surface area contributed by atoms with E-state index in [0.717, 1.165) is 0 Å². The molecule has 4 nitrogen and oxygen atoms in total. The molecule has 0 radical (unpaired) electrons. The average molecular weight is 313 g/mol. The zero-order valence-corrected chi connectivity index (χ0v) is 12.0. The molecule has 0 heterocycles. The molecule has 98 valence electrons. The fourth-order valence-electron chi connectivity index (χ4n) is 2.10. The van der Waals surface area contributed by atoms with Gasteiger partial charge in [0.15, 0.2) is 0 Å². The standard InChI is InChI=1S/C13H17BrN2O2/c1-13(2)10(6-11(13)17)16-12(18)8-5-7(15)3-4-9(8)14/h3-5,10-11,17H,6,15H2,1-2H3,(H,16,18). The maximum absolute atomic E-state index is 12.1. The van der Waals surface area contributed by atoms with Gasteiger partial charge in [-0.25, -0.2) is 0 Å². The molecule has 2 rings (SSSR count). The summed E-state index contributed by atoms with van der Waals surface area (Å²) < 4.78 is 0.715. The van der Waals surface area contributed by atoms with Crippen molar-refractivity contribution < 1.29 is 9.90 Å². The van der Waals surface area contributed by atoms with Gasteiger partial charge in [0.05, 0.1) is 11.7 Å². The maximum Gasteiger partial charge on any atom is 0.252 e. The van der Waals surface area contributed by atoms with Gasteiger partial charge in [-0.15, -0.1) is 0 Å². The molecule has 2 atom stereocenters. The van der Waals surface area contributed by atoms with E-state index in [1.165, 1.54) is 0 Å². The molecule has 5 heteroatoms. The minimum Gasteiger partial charge on any atom is -0.399 e. The zero-order chi connectivity index (χ0) is 13.5. The first-order valence-corrected chi connectivity index (χ1v) is 6.65. The van der Waals surface area contributed by atoms with E-state index in [9.17, 15) is 9.90 Å². The maximum atomic E-state index is 12.1. The van der Waals surface area contributed by atoms with Gasteiger partial charge in [-0.3, -0.25) is 4.79 Å². The van der Waals surface area contributed by atoms with E-state index < -0.39 is 0 Å². The number of nitrogens with two attached hydrogens (primary N) is 1. The Morgan fingerprint density at radius 1 is 1.56 bits per heavy atom. The SMILES string of the molecule is CC1(C)C(O)CC1NC(=O)c1cc(N)ccc1Br. The van der Waals surface area contributed by atoms with Gasteiger partial charge in [-0.2, -0.15) is 0 Å². The number of aliphatic hydroxyl groups is 1. The highest BCUT2D eigenvalue weighted by molar-refractivity contribution is 9.10. The number of hydrogen-bond donors (Lipinski definition) is 3. The van der Waals surface area contributed by atoms with Crippen molar-refractivity contribution in [3.05, 3.63) is 28.2 Å². The topological polar surface area (TPSA) is 75.3 Å². The van der Waals surface area contributed by atoms with E-state index >= 15 is 0 Å². The van der Waals surface area contributed by atoms with Crippen LogP contribution in [-0.2, 0) is 0 Å². The van der Waals surface area contributed by atoms with Crippen LogP contribution in [-0.4, -0.2) is 23.2 Å². The minimum absolute atomic E-state index is 0.00618. The largest absolute Gasteiger partial charge is 0.399 e. The molecule has 18 heavy (non-hydrogen) atoms. The average Bonchev–Trinajstić information content (AvgIpc) is 2.31. The van der Waals surface area contributed by atoms with Crippen LogP contribution in [0.2, 0.25) is 0 Å². The molecule has 1 aliphatic rings. The van der Waals surface area contributed by atoms with Crippen LogP contribution in [0, 0.1) is 5.41 Å². The van der Waals surface area contributed by atoms with Crippen molar-refractivity contribution >= 4 is 27.5 Å². The van der Waals surface area contributed by atoms with Crippen molar-refractivity contribution in [3.63, 3.8) is 0 Å². The van der Waals surface area contributed by atoms with Crippen LogP contribution in [0.15, 0.2) is 22.7 Å². The van der Waals surface area contributed by atoms with Gasteiger partial charge >= 0.3 is 0 Å². The highest BCUT2D eigenvalue weighted by Crippen LogP contribution is 2.40. The number of anilines is 1. The number of rotatable bonds is 2. The van der Waals surface area contributed by atoms with Crippen LogP contribution in [0.4, 0.5) is 5.69 Å². The Morgan fingerprint density at radius 3 is 2.78 bits per heavy atom. The van der Waals surface area contributed by atoms with Gasteiger partial charge in [0, 0.05) is 21.6 Å². The van der Waals surface area contributed by atoms with E-state index in [2.05, 4.69) is 21.2 Å². The van der Waals surface area contributed by atoms with Gasteiger partial charge < -0.3 is 16.2 Å². The summed E-state index contributed by atoms with van der Waals surface area (Å²) in [7, 11) is 0. The lowest BCUT2D eigenvalue weighted by atomic mass is 9.64. The fraction of sp³-hybridized carbons (Fsp3) is 0.462. The van der Waals surface area contributed by atoms with Crippen molar-refractivity contribution in [3.8, 4) is 0 Å². The highest BCUT2D eigenvalue weighted by Gasteiger charge is 2.48. The predicted molar refractivity (Wildman–Crippen MR) is 74.2 cm³/mol. The third kappa shape index (κ3) is 2.24. The summed E-state index contributed by atoms with van der Waals surface area (Å²) >= 11 is 3.34. The second-order valence-corrected chi connectivity index (χ2v) is 6.19. The third-order valence-corrected chi connectivity index (χ3v) is 4.45. The molecule has 1 aromatic rings.